The van der Waals surface area contributed by atoms with Gasteiger partial charge in [-0.3, -0.25) is 14.4 Å². The molecule has 0 radical (unpaired) electrons. The number of halogens is 4. The minimum Gasteiger partial charge on any atom is -0.325 e. The monoisotopic (exact) mass is 492 g/mol. The molecular weight excluding hydrogens is 477 g/mol. The first-order valence-corrected chi connectivity index (χ1v) is 11.2. The van der Waals surface area contributed by atoms with Gasteiger partial charge in [0.2, 0.25) is 17.7 Å². The van der Waals surface area contributed by atoms with Crippen molar-refractivity contribution in [2.45, 2.75) is 17.8 Å². The Hall–Kier alpha value is -3.04. The van der Waals surface area contributed by atoms with Crippen molar-refractivity contribution in [1.82, 2.24) is 0 Å². The molecule has 1 saturated heterocycles. The van der Waals surface area contributed by atoms with Gasteiger partial charge in [-0.25, -0.2) is 4.90 Å². The molecule has 0 saturated carbocycles. The van der Waals surface area contributed by atoms with Crippen molar-refractivity contribution in [3.05, 3.63) is 71.2 Å². The summed E-state index contributed by atoms with van der Waals surface area (Å²) >= 11 is 6.58. The van der Waals surface area contributed by atoms with Crippen LogP contribution in [0.2, 0.25) is 5.02 Å². The van der Waals surface area contributed by atoms with Crippen LogP contribution < -0.4 is 10.2 Å². The molecule has 5 nitrogen and oxygen atoms in total. The van der Waals surface area contributed by atoms with Crippen LogP contribution in [0.25, 0.3) is 10.8 Å². The van der Waals surface area contributed by atoms with Crippen molar-refractivity contribution < 1.29 is 27.6 Å². The zero-order valence-electron chi connectivity index (χ0n) is 16.9. The lowest BCUT2D eigenvalue weighted by molar-refractivity contribution is -0.137. The van der Waals surface area contributed by atoms with Crippen molar-refractivity contribution in [2.75, 3.05) is 16.0 Å². The molecule has 0 spiro atoms. The minimum absolute atomic E-state index is 0.0984. The van der Waals surface area contributed by atoms with Crippen LogP contribution in [0.1, 0.15) is 12.0 Å². The fraction of sp³-hybridized carbons (Fsp3) is 0.174. The maximum absolute atomic E-state index is 13.1. The molecule has 1 heterocycles. The van der Waals surface area contributed by atoms with E-state index in [0.717, 1.165) is 28.6 Å². The molecule has 1 aliphatic rings. The average molecular weight is 493 g/mol. The van der Waals surface area contributed by atoms with E-state index in [9.17, 15) is 27.6 Å². The van der Waals surface area contributed by atoms with Crippen LogP contribution in [0.5, 0.6) is 0 Å². The van der Waals surface area contributed by atoms with Crippen LogP contribution in [0.4, 0.5) is 24.5 Å². The number of anilines is 2. The van der Waals surface area contributed by atoms with Crippen LogP contribution in [0.15, 0.2) is 60.7 Å². The standard InChI is InChI=1S/C23H16ClF3N2O3S/c24-18-8-7-16(10-17(18)23(25,26)27)29-21(31)11-19(22(29)32)33-12-20(30)28-15-6-5-13-3-1-2-4-14(13)9-15/h1-10,19H,11-12H2,(H,28,30)/t19-/m0/s1. The van der Waals surface area contributed by atoms with Gasteiger partial charge in [0.05, 0.1) is 27.3 Å². The normalized spacial score (nSPS) is 16.5. The first kappa shape index (κ1) is 23.1. The van der Waals surface area contributed by atoms with Crippen molar-refractivity contribution in [3.63, 3.8) is 0 Å². The highest BCUT2D eigenvalue weighted by atomic mass is 35.5. The number of nitrogens with zero attached hydrogens (tertiary/aromatic N) is 1. The molecule has 10 heteroatoms. The topological polar surface area (TPSA) is 66.5 Å². The van der Waals surface area contributed by atoms with E-state index in [1.807, 2.05) is 36.4 Å². The summed E-state index contributed by atoms with van der Waals surface area (Å²) in [7, 11) is 0. The summed E-state index contributed by atoms with van der Waals surface area (Å²) in [6.07, 6.45) is -4.94. The molecule has 0 bridgehead atoms. The summed E-state index contributed by atoms with van der Waals surface area (Å²) in [5.74, 6) is -1.76. The minimum atomic E-state index is -4.73. The van der Waals surface area contributed by atoms with Gasteiger partial charge in [0, 0.05) is 12.1 Å². The van der Waals surface area contributed by atoms with Gasteiger partial charge < -0.3 is 5.32 Å². The highest BCUT2D eigenvalue weighted by molar-refractivity contribution is 8.01. The van der Waals surface area contributed by atoms with Crippen LogP contribution in [-0.4, -0.2) is 28.7 Å². The Labute approximate surface area is 195 Å². The Kier molecular flexibility index (Phi) is 6.36. The molecule has 1 aliphatic heterocycles. The van der Waals surface area contributed by atoms with Crippen molar-refractivity contribution in [3.8, 4) is 0 Å². The highest BCUT2D eigenvalue weighted by Crippen LogP contribution is 2.38. The third-order valence-electron chi connectivity index (χ3n) is 5.07. The molecule has 3 aromatic rings. The van der Waals surface area contributed by atoms with Crippen LogP contribution >= 0.6 is 23.4 Å². The molecule has 1 fully saturated rings. The SMILES string of the molecule is O=C(CS[C@H]1CC(=O)N(c2ccc(Cl)c(C(F)(F)F)c2)C1=O)Nc1ccc2ccccc2c1. The molecule has 33 heavy (non-hydrogen) atoms. The summed E-state index contributed by atoms with van der Waals surface area (Å²) in [6.45, 7) is 0. The Morgan fingerprint density at radius 3 is 2.52 bits per heavy atom. The number of hydrogen-bond donors (Lipinski definition) is 1. The average Bonchev–Trinajstić information content (AvgIpc) is 3.05. The second kappa shape index (κ2) is 9.07. The van der Waals surface area contributed by atoms with Gasteiger partial charge in [-0.05, 0) is 41.1 Å². The number of imide groups is 1. The number of fused-ring (bicyclic) bond motifs is 1. The van der Waals surface area contributed by atoms with E-state index in [1.165, 1.54) is 6.07 Å². The Morgan fingerprint density at radius 1 is 1.06 bits per heavy atom. The van der Waals surface area contributed by atoms with E-state index in [2.05, 4.69) is 5.32 Å². The van der Waals surface area contributed by atoms with Crippen LogP contribution in [0, 0.1) is 0 Å². The summed E-state index contributed by atoms with van der Waals surface area (Å²) in [5, 5.41) is 3.33. The Balaban J connectivity index is 1.41. The number of amides is 3. The molecule has 1 atom stereocenters. The van der Waals surface area contributed by atoms with Gasteiger partial charge >= 0.3 is 6.18 Å². The molecule has 3 aromatic carbocycles. The van der Waals surface area contributed by atoms with E-state index in [-0.39, 0.29) is 23.8 Å². The highest BCUT2D eigenvalue weighted by Gasteiger charge is 2.41. The number of thioether (sulfide) groups is 1. The summed E-state index contributed by atoms with van der Waals surface area (Å²) < 4.78 is 39.4. The number of alkyl halides is 3. The Morgan fingerprint density at radius 2 is 1.79 bits per heavy atom. The summed E-state index contributed by atoms with van der Waals surface area (Å²) in [6, 6.07) is 16.0. The largest absolute Gasteiger partial charge is 0.417 e. The fourth-order valence-electron chi connectivity index (χ4n) is 3.52. The van der Waals surface area contributed by atoms with Gasteiger partial charge in [0.15, 0.2) is 0 Å². The van der Waals surface area contributed by atoms with E-state index in [1.54, 1.807) is 6.07 Å². The smallest absolute Gasteiger partial charge is 0.325 e. The molecular formula is C23H16ClF3N2O3S. The van der Waals surface area contributed by atoms with E-state index in [4.69, 9.17) is 11.6 Å². The van der Waals surface area contributed by atoms with Gasteiger partial charge in [0.25, 0.3) is 0 Å². The molecule has 170 valence electrons. The summed E-state index contributed by atoms with van der Waals surface area (Å²) in [4.78, 5) is 38.2. The van der Waals surface area contributed by atoms with E-state index >= 15 is 0 Å². The van der Waals surface area contributed by atoms with Crippen molar-refractivity contribution in [2.24, 2.45) is 0 Å². The molecule has 1 N–H and O–H groups in total. The number of rotatable bonds is 5. The lowest BCUT2D eigenvalue weighted by Crippen LogP contribution is -2.31. The van der Waals surface area contributed by atoms with Gasteiger partial charge in [-0.1, -0.05) is 41.9 Å². The zero-order chi connectivity index (χ0) is 23.8. The zero-order valence-corrected chi connectivity index (χ0v) is 18.4. The second-order valence-electron chi connectivity index (χ2n) is 7.34. The second-order valence-corrected chi connectivity index (χ2v) is 8.94. The maximum atomic E-state index is 13.1. The maximum Gasteiger partial charge on any atom is 0.417 e. The first-order chi connectivity index (χ1) is 15.6. The molecule has 0 aromatic heterocycles. The summed E-state index contributed by atoms with van der Waals surface area (Å²) in [5.41, 5.74) is -0.742. The van der Waals surface area contributed by atoms with Crippen molar-refractivity contribution in [1.29, 1.82) is 0 Å². The van der Waals surface area contributed by atoms with Crippen LogP contribution in [0.3, 0.4) is 0 Å². The number of hydrogen-bond acceptors (Lipinski definition) is 4. The van der Waals surface area contributed by atoms with Gasteiger partial charge in [-0.15, -0.1) is 11.8 Å². The predicted molar refractivity (Wildman–Crippen MR) is 122 cm³/mol. The predicted octanol–water partition coefficient (Wildman–Crippen LogP) is 5.52. The first-order valence-electron chi connectivity index (χ1n) is 9.77. The lowest BCUT2D eigenvalue weighted by atomic mass is 10.1. The number of nitrogens with one attached hydrogen (secondary N) is 1. The van der Waals surface area contributed by atoms with Gasteiger partial charge in [0.1, 0.15) is 0 Å². The third kappa shape index (κ3) is 4.99. The van der Waals surface area contributed by atoms with Crippen LogP contribution in [-0.2, 0) is 20.6 Å². The van der Waals surface area contributed by atoms with E-state index < -0.39 is 33.8 Å². The third-order valence-corrected chi connectivity index (χ3v) is 6.60. The molecule has 0 unspecified atom stereocenters. The fourth-order valence-corrected chi connectivity index (χ4v) is 4.67. The number of benzene rings is 3. The molecule has 0 aliphatic carbocycles. The number of carbonyl (C=O) groups excluding carboxylic acids is 3. The number of carbonyl (C=O) groups is 3. The Bertz CT molecular complexity index is 1270. The molecule has 4 rings (SSSR count). The van der Waals surface area contributed by atoms with Crippen molar-refractivity contribution >= 4 is 63.2 Å². The van der Waals surface area contributed by atoms with Gasteiger partial charge in [-0.2, -0.15) is 13.2 Å². The lowest BCUT2D eigenvalue weighted by Gasteiger charge is -2.17. The van der Waals surface area contributed by atoms with E-state index in [0.29, 0.717) is 16.7 Å². The quantitative estimate of drug-likeness (QED) is 0.476. The molecule has 3 amide bonds.